The Labute approximate surface area is 137 Å². The normalized spacial score (nSPS) is 30.7. The molecule has 1 saturated heterocycles. The van der Waals surface area contributed by atoms with Crippen molar-refractivity contribution >= 4 is 38.0 Å². The van der Waals surface area contributed by atoms with Crippen molar-refractivity contribution in [2.45, 2.75) is 41.7 Å². The van der Waals surface area contributed by atoms with Gasteiger partial charge in [-0.3, -0.25) is 0 Å². The minimum atomic E-state index is 0.266. The molecular formula is C16H21N3SSe. The molecule has 21 heavy (non-hydrogen) atoms. The van der Waals surface area contributed by atoms with Gasteiger partial charge in [-0.1, -0.05) is 0 Å². The molecule has 1 heterocycles. The van der Waals surface area contributed by atoms with Gasteiger partial charge < -0.3 is 0 Å². The quantitative estimate of drug-likeness (QED) is 0.481. The molecule has 1 saturated carbocycles. The van der Waals surface area contributed by atoms with Gasteiger partial charge in [0.1, 0.15) is 0 Å². The van der Waals surface area contributed by atoms with Crippen molar-refractivity contribution in [3.05, 3.63) is 35.9 Å². The van der Waals surface area contributed by atoms with E-state index in [2.05, 4.69) is 40.9 Å². The van der Waals surface area contributed by atoms with Crippen LogP contribution in [0.2, 0.25) is 4.82 Å². The molecule has 0 unspecified atom stereocenters. The standard InChI is InChI=1S/C16H21N3SSe/c17-16(20)19-18-13-10-15(11-6-2-1-3-7-11)21-14-9-5-4-8-12(13)14/h1-3,6-7,12,14-15H,4-5,8-10H2,(H3,17,19,20)/b18-13-/t12-,14+,15-/m0/s1. The van der Waals surface area contributed by atoms with Gasteiger partial charge in [0.15, 0.2) is 0 Å². The Hall–Kier alpha value is -0.901. The SMILES string of the molecule is NC(=S)N/N=C1/C[C@@H](c2ccccc2)[Se][C@@H]2CCCC[C@@H]12. The molecule has 2 aliphatic rings. The van der Waals surface area contributed by atoms with Gasteiger partial charge in [-0.05, 0) is 0 Å². The Morgan fingerprint density at radius 3 is 2.76 bits per heavy atom. The molecule has 0 bridgehead atoms. The van der Waals surface area contributed by atoms with Crippen LogP contribution in [-0.2, 0) is 0 Å². The summed E-state index contributed by atoms with van der Waals surface area (Å²) < 4.78 is 0. The number of nitrogens with two attached hydrogens (primary N) is 1. The van der Waals surface area contributed by atoms with Crippen LogP contribution in [0, 0.1) is 5.92 Å². The number of nitrogens with one attached hydrogen (secondary N) is 1. The Balaban J connectivity index is 1.83. The molecule has 1 aliphatic carbocycles. The molecule has 3 nitrogen and oxygen atoms in total. The monoisotopic (exact) mass is 367 g/mol. The van der Waals surface area contributed by atoms with Gasteiger partial charge in [0.25, 0.3) is 0 Å². The van der Waals surface area contributed by atoms with Crippen molar-refractivity contribution in [2.75, 3.05) is 0 Å². The van der Waals surface area contributed by atoms with Crippen LogP contribution in [0.5, 0.6) is 0 Å². The maximum absolute atomic E-state index is 5.54. The summed E-state index contributed by atoms with van der Waals surface area (Å²) in [6, 6.07) is 10.9. The molecule has 3 N–H and O–H groups in total. The molecule has 112 valence electrons. The second kappa shape index (κ2) is 6.91. The van der Waals surface area contributed by atoms with Crippen LogP contribution in [0.3, 0.4) is 0 Å². The number of rotatable bonds is 2. The number of nitrogens with zero attached hydrogens (tertiary/aromatic N) is 1. The third-order valence-corrected chi connectivity index (χ3v) is 7.96. The first-order chi connectivity index (χ1) is 10.2. The van der Waals surface area contributed by atoms with Crippen LogP contribution in [-0.4, -0.2) is 25.8 Å². The minimum absolute atomic E-state index is 0.266. The summed E-state index contributed by atoms with van der Waals surface area (Å²) in [5.41, 5.74) is 11.1. The van der Waals surface area contributed by atoms with Crippen LogP contribution in [0.4, 0.5) is 0 Å². The first-order valence-electron chi connectivity index (χ1n) is 7.56. The van der Waals surface area contributed by atoms with Gasteiger partial charge in [0, 0.05) is 0 Å². The Morgan fingerprint density at radius 1 is 1.24 bits per heavy atom. The predicted molar refractivity (Wildman–Crippen MR) is 92.6 cm³/mol. The van der Waals surface area contributed by atoms with Crippen molar-refractivity contribution in [1.29, 1.82) is 0 Å². The van der Waals surface area contributed by atoms with Crippen molar-refractivity contribution in [1.82, 2.24) is 5.43 Å². The Morgan fingerprint density at radius 2 is 2.00 bits per heavy atom. The van der Waals surface area contributed by atoms with Crippen LogP contribution >= 0.6 is 12.2 Å². The summed E-state index contributed by atoms with van der Waals surface area (Å²) in [5.74, 6) is 0.653. The van der Waals surface area contributed by atoms with Crippen LogP contribution in [0.1, 0.15) is 42.5 Å². The van der Waals surface area contributed by atoms with Gasteiger partial charge in [-0.2, -0.15) is 0 Å². The maximum atomic E-state index is 5.54. The third kappa shape index (κ3) is 3.65. The molecule has 3 rings (SSSR count). The van der Waals surface area contributed by atoms with Crippen LogP contribution in [0.25, 0.3) is 0 Å². The van der Waals surface area contributed by atoms with E-state index in [0.29, 0.717) is 25.7 Å². The van der Waals surface area contributed by atoms with Crippen molar-refractivity contribution < 1.29 is 0 Å². The van der Waals surface area contributed by atoms with Crippen molar-refractivity contribution in [2.24, 2.45) is 16.8 Å². The van der Waals surface area contributed by atoms with E-state index in [1.54, 1.807) is 0 Å². The van der Waals surface area contributed by atoms with Crippen LogP contribution < -0.4 is 11.2 Å². The average Bonchev–Trinajstić information content (AvgIpc) is 2.53. The summed E-state index contributed by atoms with van der Waals surface area (Å²) in [7, 11) is 0. The van der Waals surface area contributed by atoms with E-state index in [1.807, 2.05) is 0 Å². The number of thiocarbonyl (C=S) groups is 1. The van der Waals surface area contributed by atoms with Gasteiger partial charge in [0.05, 0.1) is 0 Å². The molecule has 1 aromatic carbocycles. The van der Waals surface area contributed by atoms with E-state index in [9.17, 15) is 0 Å². The summed E-state index contributed by atoms with van der Waals surface area (Å²) in [5, 5.41) is 4.82. The number of hydrogen-bond donors (Lipinski definition) is 2. The summed E-state index contributed by atoms with van der Waals surface area (Å²) >= 11 is 5.56. The summed E-state index contributed by atoms with van der Waals surface area (Å²) in [6.07, 6.45) is 6.41. The summed E-state index contributed by atoms with van der Waals surface area (Å²) in [4.78, 5) is 1.47. The number of fused-ring (bicyclic) bond motifs is 1. The van der Waals surface area contributed by atoms with E-state index < -0.39 is 0 Å². The molecular weight excluding hydrogens is 345 g/mol. The van der Waals surface area contributed by atoms with E-state index in [-0.39, 0.29) is 5.11 Å². The van der Waals surface area contributed by atoms with Crippen LogP contribution in [0.15, 0.2) is 35.4 Å². The zero-order chi connectivity index (χ0) is 14.7. The second-order valence-electron chi connectivity index (χ2n) is 5.75. The Bertz CT molecular complexity index is 532. The average molecular weight is 366 g/mol. The summed E-state index contributed by atoms with van der Waals surface area (Å²) in [6.45, 7) is 0. The molecule has 0 amide bonds. The van der Waals surface area contributed by atoms with Gasteiger partial charge in [0.2, 0.25) is 0 Å². The number of hydrogen-bond acceptors (Lipinski definition) is 2. The van der Waals surface area contributed by atoms with Gasteiger partial charge in [-0.25, -0.2) is 0 Å². The molecule has 2 fully saturated rings. The first kappa shape index (κ1) is 15.0. The number of hydrazone groups is 1. The van der Waals surface area contributed by atoms with Gasteiger partial charge in [-0.15, -0.1) is 0 Å². The van der Waals surface area contributed by atoms with E-state index in [4.69, 9.17) is 18.0 Å². The van der Waals surface area contributed by atoms with E-state index in [1.165, 1.54) is 37.0 Å². The topological polar surface area (TPSA) is 50.4 Å². The molecule has 5 heteroatoms. The molecule has 1 aliphatic heterocycles. The molecule has 3 atom stereocenters. The molecule has 0 radical (unpaired) electrons. The number of benzene rings is 1. The molecule has 0 spiro atoms. The fraction of sp³-hybridized carbons (Fsp3) is 0.500. The molecule has 0 aromatic heterocycles. The van der Waals surface area contributed by atoms with Crippen molar-refractivity contribution in [3.63, 3.8) is 0 Å². The first-order valence-corrected chi connectivity index (χ1v) is 9.95. The van der Waals surface area contributed by atoms with Crippen molar-refractivity contribution in [3.8, 4) is 0 Å². The predicted octanol–water partition coefficient (Wildman–Crippen LogP) is 3.00. The fourth-order valence-electron chi connectivity index (χ4n) is 3.36. The zero-order valence-electron chi connectivity index (χ0n) is 12.0. The van der Waals surface area contributed by atoms with E-state index >= 15 is 0 Å². The fourth-order valence-corrected chi connectivity index (χ4v) is 7.16. The Kier molecular flexibility index (Phi) is 4.94. The van der Waals surface area contributed by atoms with E-state index in [0.717, 1.165) is 11.2 Å². The van der Waals surface area contributed by atoms with Gasteiger partial charge >= 0.3 is 138 Å². The second-order valence-corrected chi connectivity index (χ2v) is 9.22. The molecule has 1 aromatic rings. The third-order valence-electron chi connectivity index (χ3n) is 4.35. The zero-order valence-corrected chi connectivity index (χ0v) is 14.5.